The highest BCUT2D eigenvalue weighted by Gasteiger charge is 2.32. The fourth-order valence-corrected chi connectivity index (χ4v) is 6.75. The Bertz CT molecular complexity index is 1410. The minimum Gasteiger partial charge on any atom is -0.352 e. The fraction of sp³-hybridized carbons (Fsp3) is 0.429. The Hall–Kier alpha value is -3.65. The zero-order valence-corrected chi connectivity index (χ0v) is 26.3. The molecular formula is C35H45N3O4S. The number of carbonyl (C=O) groups is 2. The van der Waals surface area contributed by atoms with Crippen LogP contribution in [0.25, 0.3) is 0 Å². The van der Waals surface area contributed by atoms with E-state index in [0.717, 1.165) is 48.8 Å². The Morgan fingerprint density at radius 2 is 1.44 bits per heavy atom. The second-order valence-corrected chi connectivity index (χ2v) is 13.4. The maximum Gasteiger partial charge on any atom is 0.243 e. The predicted octanol–water partition coefficient (Wildman–Crippen LogP) is 5.88. The quantitative estimate of drug-likeness (QED) is 0.249. The molecule has 7 nitrogen and oxygen atoms in total. The van der Waals surface area contributed by atoms with E-state index in [-0.39, 0.29) is 30.8 Å². The molecule has 1 aliphatic carbocycles. The van der Waals surface area contributed by atoms with E-state index >= 15 is 0 Å². The van der Waals surface area contributed by atoms with Crippen molar-refractivity contribution in [2.75, 3.05) is 17.1 Å². The standard InChI is InChI=1S/C35H45N3O4S/c1-3-28-21-23-32(24-22-28)38(43(2,41)42)25-13-20-34(39)37(27-30-16-9-5-10-17-30)33(26-29-14-7-4-8-15-29)35(40)36-31-18-11-6-12-19-31/h4-5,7-10,14-17,21-24,31,33H,3,6,11-13,18-20,25-27H2,1-2H3,(H,36,40)/t33-/m0/s1. The third-order valence-corrected chi connectivity index (χ3v) is 9.40. The van der Waals surface area contributed by atoms with Crippen molar-refractivity contribution in [1.29, 1.82) is 0 Å². The van der Waals surface area contributed by atoms with E-state index in [9.17, 15) is 18.0 Å². The molecule has 0 bridgehead atoms. The SMILES string of the molecule is CCc1ccc(N(CCCC(=O)N(Cc2ccccc2)[C@@H](Cc2ccccc2)C(=O)NC2CCCCC2)S(C)(=O)=O)cc1. The van der Waals surface area contributed by atoms with E-state index in [2.05, 4.69) is 12.2 Å². The van der Waals surface area contributed by atoms with Crippen LogP contribution in [0.3, 0.4) is 0 Å². The molecule has 2 amide bonds. The summed E-state index contributed by atoms with van der Waals surface area (Å²) in [6.07, 6.45) is 8.19. The van der Waals surface area contributed by atoms with Crippen LogP contribution in [0.2, 0.25) is 0 Å². The first-order valence-electron chi connectivity index (χ1n) is 15.5. The van der Waals surface area contributed by atoms with Crippen LogP contribution in [0.1, 0.15) is 68.6 Å². The average Bonchev–Trinajstić information content (AvgIpc) is 3.02. The van der Waals surface area contributed by atoms with Crippen molar-refractivity contribution < 1.29 is 18.0 Å². The predicted molar refractivity (Wildman–Crippen MR) is 173 cm³/mol. The fourth-order valence-electron chi connectivity index (χ4n) is 5.78. The van der Waals surface area contributed by atoms with Crippen LogP contribution in [0.5, 0.6) is 0 Å². The summed E-state index contributed by atoms with van der Waals surface area (Å²) in [7, 11) is -3.55. The van der Waals surface area contributed by atoms with Gasteiger partial charge in [-0.05, 0) is 54.5 Å². The van der Waals surface area contributed by atoms with Gasteiger partial charge in [-0.3, -0.25) is 13.9 Å². The molecule has 0 aliphatic heterocycles. The normalized spacial score (nSPS) is 14.6. The molecule has 1 N–H and O–H groups in total. The Kier molecular flexibility index (Phi) is 11.8. The minimum atomic E-state index is -3.55. The number of benzene rings is 3. The van der Waals surface area contributed by atoms with Crippen LogP contribution in [-0.2, 0) is 39.0 Å². The number of aryl methyl sites for hydroxylation is 1. The number of hydrogen-bond acceptors (Lipinski definition) is 4. The van der Waals surface area contributed by atoms with Crippen LogP contribution in [0.4, 0.5) is 5.69 Å². The molecule has 3 aromatic carbocycles. The average molecular weight is 604 g/mol. The lowest BCUT2D eigenvalue weighted by Crippen LogP contribution is -2.52. The Balaban J connectivity index is 1.56. The van der Waals surface area contributed by atoms with Gasteiger partial charge >= 0.3 is 0 Å². The van der Waals surface area contributed by atoms with E-state index in [1.54, 1.807) is 4.90 Å². The van der Waals surface area contributed by atoms with Crippen molar-refractivity contribution in [3.63, 3.8) is 0 Å². The van der Waals surface area contributed by atoms with E-state index in [0.29, 0.717) is 25.1 Å². The molecule has 0 radical (unpaired) electrons. The third-order valence-electron chi connectivity index (χ3n) is 8.20. The summed E-state index contributed by atoms with van der Waals surface area (Å²) in [5.74, 6) is -0.299. The first-order chi connectivity index (χ1) is 20.7. The van der Waals surface area contributed by atoms with Crippen LogP contribution >= 0.6 is 0 Å². The molecule has 1 fully saturated rings. The minimum absolute atomic E-state index is 0.119. The van der Waals surface area contributed by atoms with E-state index in [4.69, 9.17) is 0 Å². The number of hydrogen-bond donors (Lipinski definition) is 1. The lowest BCUT2D eigenvalue weighted by Gasteiger charge is -2.34. The third kappa shape index (κ3) is 9.68. The first kappa shape index (κ1) is 32.3. The number of nitrogens with one attached hydrogen (secondary N) is 1. The summed E-state index contributed by atoms with van der Waals surface area (Å²) >= 11 is 0. The van der Waals surface area contributed by atoms with Crippen molar-refractivity contribution in [2.24, 2.45) is 0 Å². The number of anilines is 1. The molecule has 1 aliphatic rings. The van der Waals surface area contributed by atoms with Gasteiger partial charge in [-0.1, -0.05) is 99.0 Å². The van der Waals surface area contributed by atoms with Gasteiger partial charge < -0.3 is 10.2 Å². The van der Waals surface area contributed by atoms with Gasteiger partial charge in [0, 0.05) is 32.0 Å². The molecule has 0 unspecified atom stereocenters. The zero-order valence-electron chi connectivity index (χ0n) is 25.5. The monoisotopic (exact) mass is 603 g/mol. The second kappa shape index (κ2) is 15.7. The highest BCUT2D eigenvalue weighted by molar-refractivity contribution is 7.92. The molecule has 0 spiro atoms. The largest absolute Gasteiger partial charge is 0.352 e. The van der Waals surface area contributed by atoms with Gasteiger partial charge in [0.15, 0.2) is 0 Å². The van der Waals surface area contributed by atoms with Crippen molar-refractivity contribution in [2.45, 2.75) is 83.3 Å². The Morgan fingerprint density at radius 1 is 0.837 bits per heavy atom. The molecular weight excluding hydrogens is 558 g/mol. The van der Waals surface area contributed by atoms with Crippen molar-refractivity contribution >= 4 is 27.5 Å². The summed E-state index contributed by atoms with van der Waals surface area (Å²) in [5, 5.41) is 3.26. The van der Waals surface area contributed by atoms with Gasteiger partial charge in [0.05, 0.1) is 11.9 Å². The number of sulfonamides is 1. The van der Waals surface area contributed by atoms with Crippen LogP contribution < -0.4 is 9.62 Å². The summed E-state index contributed by atoms with van der Waals surface area (Å²) < 4.78 is 26.8. The summed E-state index contributed by atoms with van der Waals surface area (Å²) in [6, 6.07) is 26.4. The van der Waals surface area contributed by atoms with Gasteiger partial charge in [-0.25, -0.2) is 8.42 Å². The highest BCUT2D eigenvalue weighted by atomic mass is 32.2. The maximum absolute atomic E-state index is 14.0. The van der Waals surface area contributed by atoms with E-state index < -0.39 is 16.1 Å². The molecule has 0 saturated heterocycles. The van der Waals surface area contributed by atoms with Gasteiger partial charge in [0.25, 0.3) is 0 Å². The van der Waals surface area contributed by atoms with Crippen LogP contribution in [0.15, 0.2) is 84.9 Å². The topological polar surface area (TPSA) is 86.8 Å². The first-order valence-corrected chi connectivity index (χ1v) is 17.3. The number of nitrogens with zero attached hydrogens (tertiary/aromatic N) is 2. The van der Waals surface area contributed by atoms with Crippen molar-refractivity contribution in [3.05, 3.63) is 102 Å². The molecule has 0 heterocycles. The lowest BCUT2D eigenvalue weighted by molar-refractivity contribution is -0.141. The molecule has 0 aromatic heterocycles. The lowest BCUT2D eigenvalue weighted by atomic mass is 9.94. The molecule has 1 saturated carbocycles. The summed E-state index contributed by atoms with van der Waals surface area (Å²) in [5.41, 5.74) is 3.63. The molecule has 4 rings (SSSR count). The molecule has 43 heavy (non-hydrogen) atoms. The maximum atomic E-state index is 14.0. The highest BCUT2D eigenvalue weighted by Crippen LogP contribution is 2.22. The van der Waals surface area contributed by atoms with E-state index in [1.165, 1.54) is 17.0 Å². The van der Waals surface area contributed by atoms with Crippen molar-refractivity contribution in [3.8, 4) is 0 Å². The number of rotatable bonds is 14. The summed E-state index contributed by atoms with van der Waals surface area (Å²) in [6.45, 7) is 2.52. The van der Waals surface area contributed by atoms with Gasteiger partial charge in [0.1, 0.15) is 6.04 Å². The Labute approximate surface area is 257 Å². The number of amides is 2. The van der Waals surface area contributed by atoms with Crippen LogP contribution in [-0.4, -0.2) is 50.0 Å². The molecule has 8 heteroatoms. The second-order valence-electron chi connectivity index (χ2n) is 11.5. The van der Waals surface area contributed by atoms with Gasteiger partial charge in [-0.2, -0.15) is 0 Å². The van der Waals surface area contributed by atoms with Crippen molar-refractivity contribution in [1.82, 2.24) is 10.2 Å². The van der Waals surface area contributed by atoms with Gasteiger partial charge in [-0.15, -0.1) is 0 Å². The van der Waals surface area contributed by atoms with Gasteiger partial charge in [0.2, 0.25) is 21.8 Å². The molecule has 230 valence electrons. The summed E-state index contributed by atoms with van der Waals surface area (Å²) in [4.78, 5) is 29.6. The zero-order chi connectivity index (χ0) is 30.7. The Morgan fingerprint density at radius 3 is 2.02 bits per heavy atom. The van der Waals surface area contributed by atoms with E-state index in [1.807, 2.05) is 84.9 Å². The molecule has 1 atom stereocenters. The molecule has 3 aromatic rings. The number of carbonyl (C=O) groups excluding carboxylic acids is 2. The smallest absolute Gasteiger partial charge is 0.243 e. The van der Waals surface area contributed by atoms with Crippen LogP contribution in [0, 0.1) is 0 Å².